The SMILES string of the molecule is Cc1ccc(C(=O)C2C(C(=O)c3ccc(C)cc3)C(c3ccccc3)C2c2ccccc2)cc1.Cc1ccc(C(=O)C=Cc2ccccc2)cc1.Cc1ccc(C(=O)C=Cc2ccccc2)cc1.[U].[V]. The van der Waals surface area contributed by atoms with Crippen molar-refractivity contribution in [3.8, 4) is 0 Å². The van der Waals surface area contributed by atoms with Gasteiger partial charge in [-0.25, -0.2) is 0 Å². The maximum Gasteiger partial charge on any atom is 0.185 e. The predicted octanol–water partition coefficient (Wildman–Crippen LogP) is 15.0. The first-order valence-electron chi connectivity index (χ1n) is 23.1. The monoisotopic (exact) mass is 1180 g/mol. The van der Waals surface area contributed by atoms with Gasteiger partial charge in [-0.15, -0.1) is 0 Å². The minimum atomic E-state index is -0.413. The summed E-state index contributed by atoms with van der Waals surface area (Å²) in [5.41, 5.74) is 11.6. The van der Waals surface area contributed by atoms with Crippen LogP contribution in [0.1, 0.15) is 97.8 Å². The maximum absolute atomic E-state index is 13.9. The van der Waals surface area contributed by atoms with Gasteiger partial charge in [0.2, 0.25) is 0 Å². The van der Waals surface area contributed by atoms with Crippen molar-refractivity contribution in [3.05, 3.63) is 297 Å². The van der Waals surface area contributed by atoms with E-state index >= 15 is 0 Å². The molecule has 0 bridgehead atoms. The first-order valence-corrected chi connectivity index (χ1v) is 23.1. The molecule has 1 aliphatic carbocycles. The zero-order valence-corrected chi connectivity index (χ0v) is 45.5. The van der Waals surface area contributed by atoms with Crippen molar-refractivity contribution >= 4 is 35.3 Å². The van der Waals surface area contributed by atoms with Crippen LogP contribution in [0.3, 0.4) is 0 Å². The Bertz CT molecular complexity index is 2760. The van der Waals surface area contributed by atoms with E-state index in [1.54, 1.807) is 12.2 Å². The number of rotatable bonds is 12. The number of aryl methyl sites for hydroxylation is 4. The fourth-order valence-corrected chi connectivity index (χ4v) is 8.50. The molecule has 0 amide bonds. The largest absolute Gasteiger partial charge is 0.294 e. The topological polar surface area (TPSA) is 68.3 Å². The van der Waals surface area contributed by atoms with Gasteiger partial charge in [-0.05, 0) is 62.1 Å². The summed E-state index contributed by atoms with van der Waals surface area (Å²) >= 11 is 0. The Morgan fingerprint density at radius 2 is 0.571 bits per heavy atom. The Kier molecular flexibility index (Phi) is 21.1. The summed E-state index contributed by atoms with van der Waals surface area (Å²) < 4.78 is 0. The molecule has 0 spiro atoms. The summed E-state index contributed by atoms with van der Waals surface area (Å²) in [4.78, 5) is 51.6. The third-order valence-corrected chi connectivity index (χ3v) is 12.3. The van der Waals surface area contributed by atoms with Crippen LogP contribution in [0.25, 0.3) is 12.2 Å². The Morgan fingerprint density at radius 3 is 0.843 bits per heavy atom. The molecule has 4 atom stereocenters. The third kappa shape index (κ3) is 14.8. The minimum Gasteiger partial charge on any atom is -0.294 e. The van der Waals surface area contributed by atoms with E-state index in [-0.39, 0.29) is 84.6 Å². The van der Waals surface area contributed by atoms with Crippen molar-refractivity contribution in [2.75, 3.05) is 0 Å². The van der Waals surface area contributed by atoms with Gasteiger partial charge in [-0.2, -0.15) is 0 Å². The van der Waals surface area contributed by atoms with Gasteiger partial charge in [0.05, 0.1) is 0 Å². The quantitative estimate of drug-likeness (QED) is 0.0903. The number of Topliss-reactive ketones (excluding diaryl/α,β-unsaturated/α-hetero) is 2. The van der Waals surface area contributed by atoms with Gasteiger partial charge in [0.15, 0.2) is 23.1 Å². The number of ketones is 4. The minimum absolute atomic E-state index is 0. The average molecular weight is 1180 g/mol. The zero-order chi connectivity index (χ0) is 47.8. The molecule has 70 heavy (non-hydrogen) atoms. The maximum atomic E-state index is 13.9. The van der Waals surface area contributed by atoms with Gasteiger partial charge in [0.1, 0.15) is 0 Å². The number of hydrogen-bond acceptors (Lipinski definition) is 4. The van der Waals surface area contributed by atoms with Gasteiger partial charge >= 0.3 is 0 Å². The molecule has 9 rings (SSSR count). The summed E-state index contributed by atoms with van der Waals surface area (Å²) in [5.74, 6) is -0.775. The molecule has 4 unspecified atom stereocenters. The molecule has 1 fully saturated rings. The Morgan fingerprint density at radius 1 is 0.329 bits per heavy atom. The standard InChI is InChI=1S/C32H28O2.2C16H14O.U.V/c1-21-13-17-25(18-14-21)31(33)29-27(23-9-5-3-6-10-23)28(24-11-7-4-8-12-24)30(29)32(34)26-19-15-22(2)16-20-26;2*1-13-7-10-15(11-8-13)16(17)12-9-14-5-3-2-4-6-14;;/h3-20,27-30H,1-2H3;2*2-12H,1H3;;. The van der Waals surface area contributed by atoms with Crippen molar-refractivity contribution in [1.82, 2.24) is 0 Å². The third-order valence-electron chi connectivity index (χ3n) is 12.3. The molecule has 1 saturated carbocycles. The summed E-state index contributed by atoms with van der Waals surface area (Å²) in [6.45, 7) is 8.04. The number of hydrogen-bond donors (Lipinski definition) is 0. The second-order valence-electron chi connectivity index (χ2n) is 17.3. The fraction of sp³-hybridized carbons (Fsp3) is 0.125. The molecule has 8 aromatic rings. The van der Waals surface area contributed by atoms with E-state index in [2.05, 4.69) is 24.3 Å². The predicted molar refractivity (Wildman–Crippen MR) is 278 cm³/mol. The van der Waals surface area contributed by atoms with Crippen LogP contribution in [0.2, 0.25) is 0 Å². The van der Waals surface area contributed by atoms with Gasteiger partial charge in [-0.1, -0.05) is 253 Å². The second kappa shape index (κ2) is 27.1. The van der Waals surface area contributed by atoms with Crippen molar-refractivity contribution in [3.63, 3.8) is 0 Å². The fourth-order valence-electron chi connectivity index (χ4n) is 8.50. The van der Waals surface area contributed by atoms with Gasteiger partial charge in [0.25, 0.3) is 0 Å². The first-order chi connectivity index (χ1) is 33.0. The first kappa shape index (κ1) is 54.5. The van der Waals surface area contributed by atoms with Crippen LogP contribution in [0.4, 0.5) is 0 Å². The van der Waals surface area contributed by atoms with E-state index < -0.39 is 11.8 Å². The van der Waals surface area contributed by atoms with Crippen LogP contribution >= 0.6 is 0 Å². The van der Waals surface area contributed by atoms with E-state index in [9.17, 15) is 19.2 Å². The van der Waals surface area contributed by atoms with Gasteiger partial charge in [-0.3, -0.25) is 19.2 Å². The van der Waals surface area contributed by atoms with Crippen molar-refractivity contribution in [1.29, 1.82) is 0 Å². The number of benzene rings is 8. The zero-order valence-electron chi connectivity index (χ0n) is 40.0. The molecule has 0 heterocycles. The summed E-state index contributed by atoms with van der Waals surface area (Å²) in [5, 5.41) is 0. The van der Waals surface area contributed by atoms with E-state index in [1.807, 2.05) is 234 Å². The Balaban J connectivity index is 0.000000214. The molecule has 1 aliphatic rings. The molecule has 0 aliphatic heterocycles. The molecule has 1 radical (unpaired) electrons. The second-order valence-corrected chi connectivity index (χ2v) is 17.3. The van der Waals surface area contributed by atoms with Crippen LogP contribution in [0.15, 0.2) is 231 Å². The summed E-state index contributed by atoms with van der Waals surface area (Å²) in [6.07, 6.45) is 6.89. The van der Waals surface area contributed by atoms with Crippen LogP contribution in [-0.4, -0.2) is 23.1 Å². The normalized spacial score (nSPS) is 15.6. The summed E-state index contributed by atoms with van der Waals surface area (Å²) in [6, 6.07) is 70.6. The van der Waals surface area contributed by atoms with Crippen LogP contribution in [0, 0.1) is 70.6 Å². The van der Waals surface area contributed by atoms with Gasteiger partial charge < -0.3 is 0 Å². The molecule has 345 valence electrons. The van der Waals surface area contributed by atoms with E-state index in [1.165, 1.54) is 0 Å². The summed E-state index contributed by atoms with van der Waals surface area (Å²) in [7, 11) is 0. The molecular weight excluding hydrogens is 1120 g/mol. The van der Waals surface area contributed by atoms with Crippen molar-refractivity contribution < 1.29 is 68.8 Å². The van der Waals surface area contributed by atoms with Crippen molar-refractivity contribution in [2.45, 2.75) is 39.5 Å². The molecule has 6 heteroatoms. The molecule has 0 saturated heterocycles. The van der Waals surface area contributed by atoms with Crippen LogP contribution < -0.4 is 0 Å². The molecule has 0 N–H and O–H groups in total. The van der Waals surface area contributed by atoms with Crippen molar-refractivity contribution in [2.24, 2.45) is 11.8 Å². The van der Waals surface area contributed by atoms with Crippen LogP contribution in [0.5, 0.6) is 0 Å². The van der Waals surface area contributed by atoms with E-state index in [4.69, 9.17) is 0 Å². The molecule has 0 aromatic heterocycles. The number of allylic oxidation sites excluding steroid dienone is 2. The number of carbonyl (C=O) groups is 4. The smallest absolute Gasteiger partial charge is 0.185 e. The molecule has 8 aromatic carbocycles. The average Bonchev–Trinajstić information content (AvgIpc) is 3.37. The molecular formula is C64H56O4UV. The van der Waals surface area contributed by atoms with E-state index in [0.29, 0.717) is 11.1 Å². The molecule has 4 nitrogen and oxygen atoms in total. The van der Waals surface area contributed by atoms with Crippen LogP contribution in [-0.2, 0) is 18.6 Å². The van der Waals surface area contributed by atoms with Gasteiger partial charge in [0, 0.05) is 95.6 Å². The number of carbonyl (C=O) groups excluding carboxylic acids is 4. The Hall–Kier alpha value is -6.44. The van der Waals surface area contributed by atoms with E-state index in [0.717, 1.165) is 55.6 Å². The Labute approximate surface area is 449 Å².